The van der Waals surface area contributed by atoms with Gasteiger partial charge in [0.05, 0.1) is 11.4 Å². The lowest BCUT2D eigenvalue weighted by Gasteiger charge is -2.13. The number of amides is 1. The van der Waals surface area contributed by atoms with E-state index in [0.29, 0.717) is 22.4 Å². The lowest BCUT2D eigenvalue weighted by atomic mass is 10.2. The summed E-state index contributed by atoms with van der Waals surface area (Å²) in [6, 6.07) is 7.24. The van der Waals surface area contributed by atoms with Crippen molar-refractivity contribution < 1.29 is 31.1 Å². The predicted molar refractivity (Wildman–Crippen MR) is 87.6 cm³/mol. The molecule has 0 radical (unpaired) electrons. The van der Waals surface area contributed by atoms with Crippen LogP contribution < -0.4 is 10.9 Å². The summed E-state index contributed by atoms with van der Waals surface area (Å²) in [5.41, 5.74) is -2.74. The molecule has 0 unspecified atom stereocenters. The highest BCUT2D eigenvalue weighted by molar-refractivity contribution is 7.99. The van der Waals surface area contributed by atoms with Crippen molar-refractivity contribution in [3.8, 4) is 0 Å². The van der Waals surface area contributed by atoms with Crippen molar-refractivity contribution in [1.82, 2.24) is 4.57 Å². The third-order valence-corrected chi connectivity index (χ3v) is 4.33. The maximum atomic E-state index is 12.7. The first-order valence-corrected chi connectivity index (χ1v) is 8.31. The van der Waals surface area contributed by atoms with Crippen molar-refractivity contribution in [2.24, 2.45) is 0 Å². The number of para-hydroxylation sites is 1. The molecule has 2 aromatic rings. The van der Waals surface area contributed by atoms with Gasteiger partial charge in [-0.05, 0) is 24.3 Å². The number of anilines is 1. The van der Waals surface area contributed by atoms with E-state index in [1.807, 2.05) is 0 Å². The van der Waals surface area contributed by atoms with Gasteiger partial charge < -0.3 is 9.88 Å². The number of carbonyl (C=O) groups excluding carboxylic acids is 1. The molecule has 0 aliphatic heterocycles. The van der Waals surface area contributed by atoms with Crippen molar-refractivity contribution in [3.63, 3.8) is 0 Å². The Balaban J connectivity index is 2.15. The van der Waals surface area contributed by atoms with E-state index in [9.17, 15) is 35.9 Å². The van der Waals surface area contributed by atoms with Gasteiger partial charge >= 0.3 is 12.4 Å². The number of thioether (sulfide) groups is 1. The van der Waals surface area contributed by atoms with Crippen LogP contribution in [0.5, 0.6) is 0 Å². The second-order valence-corrected chi connectivity index (χ2v) is 6.32. The molecule has 146 valence electrons. The standard InChI is InChI=1S/C16H12F6N2O2S/c17-15(18,19)9-27-12-6-2-1-5-11(12)23-13(25)8-24-7-3-4-10(14(24)26)16(20,21)22/h1-7H,8-9H2,(H,23,25). The lowest BCUT2D eigenvalue weighted by molar-refractivity contribution is -0.139. The van der Waals surface area contributed by atoms with E-state index in [0.717, 1.165) is 12.3 Å². The van der Waals surface area contributed by atoms with Gasteiger partial charge in [-0.15, -0.1) is 11.8 Å². The van der Waals surface area contributed by atoms with Crippen molar-refractivity contribution in [2.75, 3.05) is 11.1 Å². The molecule has 1 aromatic carbocycles. The monoisotopic (exact) mass is 410 g/mol. The maximum absolute atomic E-state index is 12.7. The Morgan fingerprint density at radius 3 is 2.33 bits per heavy atom. The van der Waals surface area contributed by atoms with Gasteiger partial charge in [0.1, 0.15) is 12.1 Å². The Bertz CT molecular complexity index is 876. The summed E-state index contributed by atoms with van der Waals surface area (Å²) in [7, 11) is 0. The van der Waals surface area contributed by atoms with Gasteiger partial charge in [-0.3, -0.25) is 9.59 Å². The highest BCUT2D eigenvalue weighted by atomic mass is 32.2. The zero-order valence-corrected chi connectivity index (χ0v) is 14.2. The first kappa shape index (κ1) is 20.9. The second-order valence-electron chi connectivity index (χ2n) is 5.30. The number of carbonyl (C=O) groups is 1. The number of nitrogens with zero attached hydrogens (tertiary/aromatic N) is 1. The molecule has 1 N–H and O–H groups in total. The molecular weight excluding hydrogens is 398 g/mol. The van der Waals surface area contributed by atoms with E-state index in [4.69, 9.17) is 0 Å². The summed E-state index contributed by atoms with van der Waals surface area (Å²) >= 11 is 0.454. The number of alkyl halides is 6. The fourth-order valence-electron chi connectivity index (χ4n) is 2.08. The van der Waals surface area contributed by atoms with Crippen molar-refractivity contribution >= 4 is 23.4 Å². The lowest BCUT2D eigenvalue weighted by Crippen LogP contribution is -2.32. The van der Waals surface area contributed by atoms with Gasteiger partial charge in [0.15, 0.2) is 0 Å². The predicted octanol–water partition coefficient (Wildman–Crippen LogP) is 4.16. The number of nitrogens with one attached hydrogen (secondary N) is 1. The van der Waals surface area contributed by atoms with Gasteiger partial charge in [-0.2, -0.15) is 26.3 Å². The van der Waals surface area contributed by atoms with Crippen LogP contribution in [0, 0.1) is 0 Å². The van der Waals surface area contributed by atoms with Crippen LogP contribution in [-0.4, -0.2) is 22.4 Å². The molecule has 0 aliphatic carbocycles. The molecule has 27 heavy (non-hydrogen) atoms. The molecule has 0 bridgehead atoms. The Morgan fingerprint density at radius 1 is 1.04 bits per heavy atom. The van der Waals surface area contributed by atoms with Crippen molar-refractivity contribution in [2.45, 2.75) is 23.8 Å². The quantitative estimate of drug-likeness (QED) is 0.595. The van der Waals surface area contributed by atoms with Crippen LogP contribution in [0.2, 0.25) is 0 Å². The molecule has 1 amide bonds. The average molecular weight is 410 g/mol. The minimum absolute atomic E-state index is 0.0665. The molecule has 1 aromatic heterocycles. The molecule has 0 fully saturated rings. The number of hydrogen-bond acceptors (Lipinski definition) is 3. The Kier molecular flexibility index (Phi) is 6.24. The fourth-order valence-corrected chi connectivity index (χ4v) is 2.85. The van der Waals surface area contributed by atoms with Gasteiger partial charge in [-0.25, -0.2) is 0 Å². The van der Waals surface area contributed by atoms with E-state index in [2.05, 4.69) is 5.32 Å². The van der Waals surface area contributed by atoms with Crippen LogP contribution >= 0.6 is 11.8 Å². The molecule has 1 heterocycles. The van der Waals surface area contributed by atoms with E-state index in [1.165, 1.54) is 24.3 Å². The van der Waals surface area contributed by atoms with Gasteiger partial charge in [0.25, 0.3) is 5.56 Å². The number of benzene rings is 1. The fraction of sp³-hybridized carbons (Fsp3) is 0.250. The molecule has 0 spiro atoms. The summed E-state index contributed by atoms with van der Waals surface area (Å²) in [5, 5.41) is 2.31. The molecule has 0 aliphatic rings. The number of aromatic nitrogens is 1. The van der Waals surface area contributed by atoms with E-state index in [-0.39, 0.29) is 10.6 Å². The van der Waals surface area contributed by atoms with Gasteiger partial charge in [0.2, 0.25) is 5.91 Å². The smallest absolute Gasteiger partial charge is 0.324 e. The highest BCUT2D eigenvalue weighted by Crippen LogP contribution is 2.32. The maximum Gasteiger partial charge on any atom is 0.421 e. The van der Waals surface area contributed by atoms with Crippen LogP contribution in [0.25, 0.3) is 0 Å². The van der Waals surface area contributed by atoms with Crippen molar-refractivity contribution in [1.29, 1.82) is 0 Å². The molecule has 0 saturated carbocycles. The van der Waals surface area contributed by atoms with Gasteiger partial charge in [0, 0.05) is 11.1 Å². The summed E-state index contributed by atoms with van der Waals surface area (Å²) in [6.45, 7) is -0.721. The first-order chi connectivity index (χ1) is 12.5. The number of rotatable bonds is 5. The highest BCUT2D eigenvalue weighted by Gasteiger charge is 2.34. The summed E-state index contributed by atoms with van der Waals surface area (Å²) in [5.74, 6) is -2.02. The van der Waals surface area contributed by atoms with Crippen LogP contribution in [0.4, 0.5) is 32.0 Å². The van der Waals surface area contributed by atoms with Crippen molar-refractivity contribution in [3.05, 3.63) is 58.5 Å². The molecule has 0 atom stereocenters. The molecule has 0 saturated heterocycles. The SMILES string of the molecule is O=C(Cn1cccc(C(F)(F)F)c1=O)Nc1ccccc1SCC(F)(F)F. The number of halogens is 6. The Labute approximate surface area is 153 Å². The van der Waals surface area contributed by atoms with Crippen LogP contribution in [0.15, 0.2) is 52.3 Å². The summed E-state index contributed by atoms with van der Waals surface area (Å²) in [4.78, 5) is 24.0. The second kappa shape index (κ2) is 8.07. The van der Waals surface area contributed by atoms with E-state index >= 15 is 0 Å². The van der Waals surface area contributed by atoms with Crippen LogP contribution in [0.1, 0.15) is 5.56 Å². The first-order valence-electron chi connectivity index (χ1n) is 7.32. The van der Waals surface area contributed by atoms with Crippen LogP contribution in [-0.2, 0) is 17.5 Å². The topological polar surface area (TPSA) is 51.1 Å². The minimum Gasteiger partial charge on any atom is -0.324 e. The number of pyridine rings is 1. The Hall–Kier alpha value is -2.43. The Morgan fingerprint density at radius 2 is 1.70 bits per heavy atom. The van der Waals surface area contributed by atoms with E-state index < -0.39 is 41.7 Å². The third kappa shape index (κ3) is 6.05. The molecule has 11 heteroatoms. The number of hydrogen-bond donors (Lipinski definition) is 1. The molecule has 2 rings (SSSR count). The van der Waals surface area contributed by atoms with Gasteiger partial charge in [-0.1, -0.05) is 12.1 Å². The largest absolute Gasteiger partial charge is 0.421 e. The summed E-state index contributed by atoms with van der Waals surface area (Å²) in [6.07, 6.45) is -8.26. The average Bonchev–Trinajstić information content (AvgIpc) is 2.54. The third-order valence-electron chi connectivity index (χ3n) is 3.19. The minimum atomic E-state index is -4.86. The van der Waals surface area contributed by atoms with E-state index in [1.54, 1.807) is 0 Å². The van der Waals surface area contributed by atoms with Crippen LogP contribution in [0.3, 0.4) is 0 Å². The zero-order valence-electron chi connectivity index (χ0n) is 13.4. The molecular formula is C16H12F6N2O2S. The normalized spacial score (nSPS) is 12.1. The zero-order chi connectivity index (χ0) is 20.2. The molecule has 4 nitrogen and oxygen atoms in total. The summed E-state index contributed by atoms with van der Waals surface area (Å²) < 4.78 is 75.9.